The summed E-state index contributed by atoms with van der Waals surface area (Å²) in [4.78, 5) is 33.9. The Balaban J connectivity index is 2.25. The van der Waals surface area contributed by atoms with E-state index in [0.717, 1.165) is 12.2 Å². The first-order chi connectivity index (χ1) is 14.0. The van der Waals surface area contributed by atoms with Crippen molar-refractivity contribution < 1.29 is 38.4 Å². The van der Waals surface area contributed by atoms with Crippen LogP contribution in [0.3, 0.4) is 0 Å². The van der Waals surface area contributed by atoms with Gasteiger partial charge in [-0.05, 0) is 6.07 Å². The van der Waals surface area contributed by atoms with E-state index in [1.165, 1.54) is 6.07 Å². The van der Waals surface area contributed by atoms with Crippen molar-refractivity contribution in [2.45, 2.75) is 0 Å². The molecule has 0 amide bonds. The lowest BCUT2D eigenvalue weighted by Crippen LogP contribution is -2.13. The lowest BCUT2D eigenvalue weighted by atomic mass is 10.0. The fourth-order valence-corrected chi connectivity index (χ4v) is 2.45. The maximum atomic E-state index is 11.7. The molecule has 0 aliphatic rings. The van der Waals surface area contributed by atoms with E-state index >= 15 is 0 Å². The monoisotopic (exact) mass is 400 g/mol. The molecule has 0 bridgehead atoms. The molecule has 0 saturated carbocycles. The van der Waals surface area contributed by atoms with Gasteiger partial charge in [0.15, 0.2) is 0 Å². The van der Waals surface area contributed by atoms with Crippen LogP contribution < -0.4 is 9.47 Å². The Hall–Kier alpha value is -3.81. The molecule has 2 rings (SSSR count). The summed E-state index contributed by atoms with van der Waals surface area (Å²) in [5.74, 6) is -1.95. The first-order valence-corrected chi connectivity index (χ1v) is 8.61. The van der Waals surface area contributed by atoms with Gasteiger partial charge in [0.05, 0.1) is 0 Å². The van der Waals surface area contributed by atoms with Crippen molar-refractivity contribution in [3.63, 3.8) is 0 Å². The zero-order chi connectivity index (χ0) is 21.2. The lowest BCUT2D eigenvalue weighted by Gasteiger charge is -2.16. The number of carbonyl (C=O) groups excluding carboxylic acids is 2. The smallest absolute Gasteiger partial charge is 0.339 e. The van der Waals surface area contributed by atoms with Gasteiger partial charge >= 0.3 is 17.9 Å². The third-order valence-corrected chi connectivity index (χ3v) is 3.68. The van der Waals surface area contributed by atoms with Gasteiger partial charge in [-0.1, -0.05) is 37.4 Å². The molecule has 0 aliphatic heterocycles. The average molecular weight is 400 g/mol. The molecular formula is C21H20O8. The highest BCUT2D eigenvalue weighted by Gasteiger charge is 2.19. The summed E-state index contributed by atoms with van der Waals surface area (Å²) < 4.78 is 20.9. The van der Waals surface area contributed by atoms with E-state index < -0.39 is 17.9 Å². The number of ether oxygens (including phenoxy) is 4. The summed E-state index contributed by atoms with van der Waals surface area (Å²) in [6.07, 6.45) is 2.06. The molecule has 8 heteroatoms. The standard InChI is InChI=1S/C21H20O8/c1-3-18(22)27-10-9-26-17-13-16(21(24)25)20(15-8-6-5-7-14(15)17)29-12-11-28-19(23)4-2/h3-8,13H,1-2,9-12H2,(H,24,25). The van der Waals surface area contributed by atoms with E-state index in [-0.39, 0.29) is 37.7 Å². The molecule has 152 valence electrons. The van der Waals surface area contributed by atoms with Crippen LogP contribution in [-0.2, 0) is 19.1 Å². The molecule has 2 aromatic carbocycles. The number of carbonyl (C=O) groups is 3. The Morgan fingerprint density at radius 3 is 1.97 bits per heavy atom. The van der Waals surface area contributed by atoms with Gasteiger partial charge in [0.25, 0.3) is 0 Å². The first kappa shape index (κ1) is 21.5. The van der Waals surface area contributed by atoms with Gasteiger partial charge in [0.2, 0.25) is 0 Å². The molecule has 8 nitrogen and oxygen atoms in total. The van der Waals surface area contributed by atoms with Crippen molar-refractivity contribution in [1.82, 2.24) is 0 Å². The van der Waals surface area contributed by atoms with Crippen LogP contribution in [-0.4, -0.2) is 49.4 Å². The minimum atomic E-state index is -1.21. The minimum Gasteiger partial charge on any atom is -0.489 e. The summed E-state index contributed by atoms with van der Waals surface area (Å²) in [6, 6.07) is 8.27. The van der Waals surface area contributed by atoms with Gasteiger partial charge in [0.1, 0.15) is 43.5 Å². The Morgan fingerprint density at radius 1 is 0.862 bits per heavy atom. The van der Waals surface area contributed by atoms with Crippen LogP contribution >= 0.6 is 0 Å². The molecule has 29 heavy (non-hydrogen) atoms. The van der Waals surface area contributed by atoms with Crippen molar-refractivity contribution in [2.75, 3.05) is 26.4 Å². The van der Waals surface area contributed by atoms with E-state index in [1.54, 1.807) is 24.3 Å². The van der Waals surface area contributed by atoms with Crippen molar-refractivity contribution in [3.05, 3.63) is 61.2 Å². The Kier molecular flexibility index (Phi) is 7.78. The second kappa shape index (κ2) is 10.5. The number of benzene rings is 2. The Labute approximate surface area is 166 Å². The maximum absolute atomic E-state index is 11.7. The second-order valence-electron chi connectivity index (χ2n) is 5.54. The average Bonchev–Trinajstić information content (AvgIpc) is 2.73. The zero-order valence-corrected chi connectivity index (χ0v) is 15.6. The third kappa shape index (κ3) is 5.83. The highest BCUT2D eigenvalue weighted by atomic mass is 16.6. The first-order valence-electron chi connectivity index (χ1n) is 8.61. The molecule has 0 saturated heterocycles. The van der Waals surface area contributed by atoms with Crippen LogP contribution in [0.15, 0.2) is 55.6 Å². The van der Waals surface area contributed by atoms with Crippen LogP contribution in [0.1, 0.15) is 10.4 Å². The maximum Gasteiger partial charge on any atom is 0.339 e. The molecule has 0 aliphatic carbocycles. The SMILES string of the molecule is C=CC(=O)OCCOc1cc(C(=O)O)c(OCCOC(=O)C=C)c2ccccc12. The second-order valence-corrected chi connectivity index (χ2v) is 5.54. The summed E-state index contributed by atoms with van der Waals surface area (Å²) >= 11 is 0. The summed E-state index contributed by atoms with van der Waals surface area (Å²) in [6.45, 7) is 6.49. The van der Waals surface area contributed by atoms with Crippen LogP contribution in [0.25, 0.3) is 10.8 Å². The predicted octanol–water partition coefficient (Wildman–Crippen LogP) is 2.75. The number of fused-ring (bicyclic) bond motifs is 1. The normalized spacial score (nSPS) is 10.1. The van der Waals surface area contributed by atoms with Crippen molar-refractivity contribution in [2.24, 2.45) is 0 Å². The Morgan fingerprint density at radius 2 is 1.41 bits per heavy atom. The summed E-state index contributed by atoms with van der Waals surface area (Å²) in [5.41, 5.74) is -0.114. The number of hydrogen-bond acceptors (Lipinski definition) is 7. The number of aromatic carboxylic acids is 1. The number of carboxylic acid groups (broad SMARTS) is 1. The van der Waals surface area contributed by atoms with Gasteiger partial charge in [-0.3, -0.25) is 0 Å². The molecule has 0 radical (unpaired) electrons. The summed E-state index contributed by atoms with van der Waals surface area (Å²) in [5, 5.41) is 10.7. The number of rotatable bonds is 11. The number of carboxylic acids is 1. The van der Waals surface area contributed by atoms with E-state index in [1.807, 2.05) is 0 Å². The number of esters is 2. The molecule has 0 aromatic heterocycles. The molecule has 1 N–H and O–H groups in total. The third-order valence-electron chi connectivity index (χ3n) is 3.68. The van der Waals surface area contributed by atoms with Crippen molar-refractivity contribution in [3.8, 4) is 11.5 Å². The molecule has 0 spiro atoms. The van der Waals surface area contributed by atoms with E-state index in [2.05, 4.69) is 13.2 Å². The fourth-order valence-electron chi connectivity index (χ4n) is 2.45. The molecule has 0 fully saturated rings. The molecule has 0 heterocycles. The fraction of sp³-hybridized carbons (Fsp3) is 0.190. The van der Waals surface area contributed by atoms with Gasteiger partial charge in [0, 0.05) is 22.9 Å². The highest BCUT2D eigenvalue weighted by Crippen LogP contribution is 2.37. The minimum absolute atomic E-state index is 0.0193. The zero-order valence-electron chi connectivity index (χ0n) is 15.6. The van der Waals surface area contributed by atoms with Crippen LogP contribution in [0.4, 0.5) is 0 Å². The molecule has 0 atom stereocenters. The molecule has 0 unspecified atom stereocenters. The van der Waals surface area contributed by atoms with E-state index in [9.17, 15) is 19.5 Å². The predicted molar refractivity (Wildman–Crippen MR) is 104 cm³/mol. The van der Waals surface area contributed by atoms with Crippen LogP contribution in [0.5, 0.6) is 11.5 Å². The van der Waals surface area contributed by atoms with Crippen LogP contribution in [0, 0.1) is 0 Å². The van der Waals surface area contributed by atoms with Gasteiger partial charge in [-0.25, -0.2) is 14.4 Å². The van der Waals surface area contributed by atoms with E-state index in [4.69, 9.17) is 18.9 Å². The van der Waals surface area contributed by atoms with Gasteiger partial charge in [-0.15, -0.1) is 0 Å². The molecular weight excluding hydrogens is 380 g/mol. The van der Waals surface area contributed by atoms with Crippen molar-refractivity contribution >= 4 is 28.7 Å². The Bertz CT molecular complexity index is 932. The van der Waals surface area contributed by atoms with Crippen molar-refractivity contribution in [1.29, 1.82) is 0 Å². The highest BCUT2D eigenvalue weighted by molar-refractivity contribution is 6.03. The van der Waals surface area contributed by atoms with Gasteiger partial charge in [-0.2, -0.15) is 0 Å². The quantitative estimate of drug-likeness (QED) is 0.348. The lowest BCUT2D eigenvalue weighted by molar-refractivity contribution is -0.139. The van der Waals surface area contributed by atoms with Gasteiger partial charge < -0.3 is 24.1 Å². The molecule has 2 aromatic rings. The van der Waals surface area contributed by atoms with E-state index in [0.29, 0.717) is 16.5 Å². The number of hydrogen-bond donors (Lipinski definition) is 1. The largest absolute Gasteiger partial charge is 0.489 e. The summed E-state index contributed by atoms with van der Waals surface area (Å²) in [7, 11) is 0. The topological polar surface area (TPSA) is 108 Å². The van der Waals surface area contributed by atoms with Crippen LogP contribution in [0.2, 0.25) is 0 Å².